The number of aromatic nitrogens is 1. The summed E-state index contributed by atoms with van der Waals surface area (Å²) in [4.78, 5) is 18.8. The van der Waals surface area contributed by atoms with Gasteiger partial charge in [-0.1, -0.05) is 41.7 Å². The molecule has 1 saturated heterocycles. The number of amides is 1. The number of thiazole rings is 1. The summed E-state index contributed by atoms with van der Waals surface area (Å²) in [7, 11) is 0. The van der Waals surface area contributed by atoms with Crippen LogP contribution in [0.2, 0.25) is 0 Å². The van der Waals surface area contributed by atoms with Crippen LogP contribution in [0.4, 0.5) is 0 Å². The standard InChI is InChI=1S/C22H22N2O2S/c25-21(19-6-8-20(9-7-19)26-22-23-12-15-27-22)24-13-10-18(11-14-24)16-17-4-2-1-3-5-17/h1-9,12,15,18H,10-11,13-14,16H2. The van der Waals surface area contributed by atoms with E-state index >= 15 is 0 Å². The molecule has 2 heterocycles. The maximum Gasteiger partial charge on any atom is 0.278 e. The van der Waals surface area contributed by atoms with Gasteiger partial charge in [0, 0.05) is 30.2 Å². The number of hydrogen-bond donors (Lipinski definition) is 0. The lowest BCUT2D eigenvalue weighted by molar-refractivity contribution is 0.0690. The zero-order valence-corrected chi connectivity index (χ0v) is 15.9. The molecule has 5 heteroatoms. The Bertz CT molecular complexity index is 855. The minimum absolute atomic E-state index is 0.106. The Morgan fingerprint density at radius 2 is 1.81 bits per heavy atom. The third-order valence-corrected chi connectivity index (χ3v) is 5.63. The Morgan fingerprint density at radius 1 is 1.07 bits per heavy atom. The number of benzene rings is 2. The zero-order chi connectivity index (χ0) is 18.5. The van der Waals surface area contributed by atoms with Gasteiger partial charge in [-0.3, -0.25) is 4.79 Å². The number of hydrogen-bond acceptors (Lipinski definition) is 4. The summed E-state index contributed by atoms with van der Waals surface area (Å²) >= 11 is 1.44. The van der Waals surface area contributed by atoms with Crippen LogP contribution in [0.15, 0.2) is 66.2 Å². The van der Waals surface area contributed by atoms with Gasteiger partial charge in [-0.15, -0.1) is 0 Å². The predicted octanol–water partition coefficient (Wildman–Crippen LogP) is 5.03. The average molecular weight is 378 g/mol. The van der Waals surface area contributed by atoms with Gasteiger partial charge in [0.2, 0.25) is 0 Å². The second kappa shape index (κ2) is 8.35. The van der Waals surface area contributed by atoms with E-state index in [0.717, 1.165) is 32.4 Å². The van der Waals surface area contributed by atoms with Crippen molar-refractivity contribution < 1.29 is 9.53 Å². The van der Waals surface area contributed by atoms with Crippen LogP contribution < -0.4 is 4.74 Å². The number of carbonyl (C=O) groups is 1. The molecule has 0 radical (unpaired) electrons. The topological polar surface area (TPSA) is 42.4 Å². The quantitative estimate of drug-likeness (QED) is 0.625. The van der Waals surface area contributed by atoms with Crippen LogP contribution in [-0.4, -0.2) is 28.9 Å². The first-order chi connectivity index (χ1) is 13.3. The van der Waals surface area contributed by atoms with E-state index in [2.05, 4.69) is 35.3 Å². The van der Waals surface area contributed by atoms with E-state index in [9.17, 15) is 4.79 Å². The van der Waals surface area contributed by atoms with E-state index < -0.39 is 0 Å². The van der Waals surface area contributed by atoms with Gasteiger partial charge in [-0.25, -0.2) is 4.98 Å². The van der Waals surface area contributed by atoms with Crippen molar-refractivity contribution in [1.82, 2.24) is 9.88 Å². The van der Waals surface area contributed by atoms with Gasteiger partial charge in [0.1, 0.15) is 5.75 Å². The fourth-order valence-electron chi connectivity index (χ4n) is 3.50. The maximum absolute atomic E-state index is 12.8. The number of carbonyl (C=O) groups excluding carboxylic acids is 1. The molecule has 0 saturated carbocycles. The van der Waals surface area contributed by atoms with E-state index in [4.69, 9.17) is 4.74 Å². The molecule has 1 aliphatic rings. The summed E-state index contributed by atoms with van der Waals surface area (Å²) in [5, 5.41) is 2.48. The zero-order valence-electron chi connectivity index (χ0n) is 15.1. The van der Waals surface area contributed by atoms with Crippen molar-refractivity contribution in [2.45, 2.75) is 19.3 Å². The van der Waals surface area contributed by atoms with Crippen LogP contribution in [0, 0.1) is 5.92 Å². The lowest BCUT2D eigenvalue weighted by Crippen LogP contribution is -2.38. The number of rotatable bonds is 5. The second-order valence-corrected chi connectivity index (χ2v) is 7.71. The highest BCUT2D eigenvalue weighted by atomic mass is 32.1. The molecule has 0 atom stereocenters. The summed E-state index contributed by atoms with van der Waals surface area (Å²) in [5.74, 6) is 1.46. The number of piperidine rings is 1. The molecular formula is C22H22N2O2S. The second-order valence-electron chi connectivity index (χ2n) is 6.85. The van der Waals surface area contributed by atoms with E-state index in [0.29, 0.717) is 22.4 Å². The molecule has 0 spiro atoms. The predicted molar refractivity (Wildman–Crippen MR) is 107 cm³/mol. The molecule has 3 aromatic rings. The molecule has 27 heavy (non-hydrogen) atoms. The van der Waals surface area contributed by atoms with Crippen molar-refractivity contribution in [3.63, 3.8) is 0 Å². The van der Waals surface area contributed by atoms with Crippen molar-refractivity contribution in [1.29, 1.82) is 0 Å². The molecule has 4 nitrogen and oxygen atoms in total. The van der Waals surface area contributed by atoms with Gasteiger partial charge >= 0.3 is 0 Å². The first kappa shape index (κ1) is 17.7. The molecule has 1 aliphatic heterocycles. The van der Waals surface area contributed by atoms with Gasteiger partial charge in [-0.05, 0) is 55.0 Å². The molecule has 1 amide bonds. The molecule has 1 fully saturated rings. The third-order valence-electron chi connectivity index (χ3n) is 4.99. The molecule has 0 bridgehead atoms. The normalized spacial score (nSPS) is 14.9. The van der Waals surface area contributed by atoms with Crippen molar-refractivity contribution in [2.24, 2.45) is 5.92 Å². The number of ether oxygens (including phenoxy) is 1. The van der Waals surface area contributed by atoms with E-state index in [1.165, 1.54) is 16.9 Å². The molecule has 4 rings (SSSR count). The van der Waals surface area contributed by atoms with Crippen LogP contribution in [0.5, 0.6) is 10.9 Å². The summed E-state index contributed by atoms with van der Waals surface area (Å²) in [6, 6.07) is 17.9. The monoisotopic (exact) mass is 378 g/mol. The van der Waals surface area contributed by atoms with Crippen LogP contribution >= 0.6 is 11.3 Å². The van der Waals surface area contributed by atoms with Crippen LogP contribution in [-0.2, 0) is 6.42 Å². The van der Waals surface area contributed by atoms with E-state index in [1.54, 1.807) is 6.20 Å². The lowest BCUT2D eigenvalue weighted by atomic mass is 9.90. The number of nitrogens with zero attached hydrogens (tertiary/aromatic N) is 2. The van der Waals surface area contributed by atoms with Crippen molar-refractivity contribution in [3.05, 3.63) is 77.3 Å². The van der Waals surface area contributed by atoms with Gasteiger partial charge in [-0.2, -0.15) is 0 Å². The molecule has 1 aromatic heterocycles. The van der Waals surface area contributed by atoms with Crippen molar-refractivity contribution in [2.75, 3.05) is 13.1 Å². The summed E-state index contributed by atoms with van der Waals surface area (Å²) < 4.78 is 5.65. The molecule has 0 aliphatic carbocycles. The van der Waals surface area contributed by atoms with Gasteiger partial charge in [0.05, 0.1) is 0 Å². The van der Waals surface area contributed by atoms with Crippen molar-refractivity contribution in [3.8, 4) is 10.9 Å². The Balaban J connectivity index is 1.31. The largest absolute Gasteiger partial charge is 0.431 e. The Morgan fingerprint density at radius 3 is 2.48 bits per heavy atom. The molecule has 2 aromatic carbocycles. The first-order valence-corrected chi connectivity index (χ1v) is 10.2. The van der Waals surface area contributed by atoms with Crippen LogP contribution in [0.25, 0.3) is 0 Å². The molecular weight excluding hydrogens is 356 g/mol. The Kier molecular flexibility index (Phi) is 5.49. The maximum atomic E-state index is 12.8. The fraction of sp³-hybridized carbons (Fsp3) is 0.273. The first-order valence-electron chi connectivity index (χ1n) is 9.28. The van der Waals surface area contributed by atoms with Gasteiger partial charge in [0.15, 0.2) is 0 Å². The van der Waals surface area contributed by atoms with E-state index in [-0.39, 0.29) is 5.91 Å². The molecule has 0 unspecified atom stereocenters. The van der Waals surface area contributed by atoms with Gasteiger partial charge in [0.25, 0.3) is 11.1 Å². The van der Waals surface area contributed by atoms with Gasteiger partial charge < -0.3 is 9.64 Å². The fourth-order valence-corrected chi connectivity index (χ4v) is 4.00. The van der Waals surface area contributed by atoms with Crippen molar-refractivity contribution >= 4 is 17.2 Å². The summed E-state index contributed by atoms with van der Waals surface area (Å²) in [6.45, 7) is 1.65. The minimum atomic E-state index is 0.106. The molecule has 138 valence electrons. The summed E-state index contributed by atoms with van der Waals surface area (Å²) in [5.41, 5.74) is 2.10. The number of likely N-dealkylation sites (tertiary alicyclic amines) is 1. The summed E-state index contributed by atoms with van der Waals surface area (Å²) in [6.07, 6.45) is 4.93. The highest BCUT2D eigenvalue weighted by Crippen LogP contribution is 2.25. The minimum Gasteiger partial charge on any atom is -0.431 e. The average Bonchev–Trinajstić information content (AvgIpc) is 3.22. The van der Waals surface area contributed by atoms with E-state index in [1.807, 2.05) is 34.5 Å². The van der Waals surface area contributed by atoms with Crippen LogP contribution in [0.3, 0.4) is 0 Å². The highest BCUT2D eigenvalue weighted by molar-refractivity contribution is 7.11. The highest BCUT2D eigenvalue weighted by Gasteiger charge is 2.23. The SMILES string of the molecule is O=C(c1ccc(Oc2nccs2)cc1)N1CCC(Cc2ccccc2)CC1. The third kappa shape index (κ3) is 4.55. The van der Waals surface area contributed by atoms with Crippen LogP contribution in [0.1, 0.15) is 28.8 Å². The molecule has 0 N–H and O–H groups in total. The smallest absolute Gasteiger partial charge is 0.278 e. The lowest BCUT2D eigenvalue weighted by Gasteiger charge is -2.32. The Hall–Kier alpha value is -2.66. The Labute approximate surface area is 163 Å².